The molecule has 0 unspecified atom stereocenters. The van der Waals surface area contributed by atoms with E-state index < -0.39 is 5.82 Å². The smallest absolute Gasteiger partial charge is 0.148 e. The highest BCUT2D eigenvalue weighted by atomic mass is 35.5. The Kier molecular flexibility index (Phi) is 7.07. The van der Waals surface area contributed by atoms with Gasteiger partial charge in [0.1, 0.15) is 23.7 Å². The molecule has 0 aliphatic carbocycles. The highest BCUT2D eigenvalue weighted by Gasteiger charge is 2.12. The maximum atomic E-state index is 14.2. The summed E-state index contributed by atoms with van der Waals surface area (Å²) in [5, 5.41) is 12.7. The third kappa shape index (κ3) is 5.11. The summed E-state index contributed by atoms with van der Waals surface area (Å²) < 4.78 is 14.2. The van der Waals surface area contributed by atoms with Crippen molar-refractivity contribution in [3.63, 3.8) is 0 Å². The molecule has 3 rings (SSSR count). The van der Waals surface area contributed by atoms with Crippen molar-refractivity contribution < 1.29 is 14.3 Å². The third-order valence-corrected chi connectivity index (χ3v) is 5.58. The Bertz CT molecular complexity index is 1020. The number of fused-ring (bicyclic) bond motifs is 1. The Morgan fingerprint density at radius 3 is 2.75 bits per heavy atom. The van der Waals surface area contributed by atoms with E-state index in [-0.39, 0.29) is 34.5 Å². The Balaban J connectivity index is 1.87. The number of aliphatic hydroxyl groups is 1. The number of anilines is 2. The van der Waals surface area contributed by atoms with E-state index in [2.05, 4.69) is 15.3 Å². The number of benzene rings is 2. The first-order valence-electron chi connectivity index (χ1n) is 8.33. The summed E-state index contributed by atoms with van der Waals surface area (Å²) in [4.78, 5) is 20.5. The lowest BCUT2D eigenvalue weighted by atomic mass is 10.1. The molecule has 0 saturated carbocycles. The van der Waals surface area contributed by atoms with Crippen LogP contribution in [0.15, 0.2) is 36.7 Å². The van der Waals surface area contributed by atoms with Gasteiger partial charge in [-0.2, -0.15) is 11.8 Å². The Morgan fingerprint density at radius 2 is 1.96 bits per heavy atom. The van der Waals surface area contributed by atoms with Crippen LogP contribution in [0.2, 0.25) is 10.0 Å². The fourth-order valence-corrected chi connectivity index (χ4v) is 3.51. The zero-order valence-electron chi connectivity index (χ0n) is 14.6. The third-order valence-electron chi connectivity index (χ3n) is 3.86. The van der Waals surface area contributed by atoms with Gasteiger partial charge >= 0.3 is 0 Å². The van der Waals surface area contributed by atoms with E-state index in [4.69, 9.17) is 28.3 Å². The second-order valence-corrected chi connectivity index (χ2v) is 7.86. The van der Waals surface area contributed by atoms with Gasteiger partial charge in [0, 0.05) is 17.6 Å². The number of carbonyl (C=O) groups excluding carboxylic acids is 1. The molecule has 5 nitrogen and oxygen atoms in total. The number of nitrogens with one attached hydrogen (secondary N) is 1. The normalized spacial score (nSPS) is 11.0. The molecular formula is C19H16Cl2FN3O2S. The van der Waals surface area contributed by atoms with E-state index in [1.165, 1.54) is 24.2 Å². The summed E-state index contributed by atoms with van der Waals surface area (Å²) in [7, 11) is 0. The number of halogens is 3. The molecular weight excluding hydrogens is 424 g/mol. The van der Waals surface area contributed by atoms with Crippen molar-refractivity contribution in [3.05, 3.63) is 58.1 Å². The molecule has 2 aromatic carbocycles. The van der Waals surface area contributed by atoms with Crippen molar-refractivity contribution in [1.29, 1.82) is 0 Å². The monoisotopic (exact) mass is 439 g/mol. The van der Waals surface area contributed by atoms with Gasteiger partial charge in [-0.05, 0) is 29.8 Å². The molecule has 9 heteroatoms. The van der Waals surface area contributed by atoms with Crippen LogP contribution in [0.3, 0.4) is 0 Å². The molecule has 1 heterocycles. The standard InChI is InChI=1S/C19H16Cl2FN3O2S/c20-14-7-16(22)18(8-15(14)21)25-19-13-6-11(1-2-17(13)23-10-24-19)5-12(27)9-28-4-3-26/h1-2,6-8,10,26H,3-5,9H2,(H,23,24,25). The summed E-state index contributed by atoms with van der Waals surface area (Å²) in [6.07, 6.45) is 1.63. The molecule has 2 N–H and O–H groups in total. The lowest BCUT2D eigenvalue weighted by molar-refractivity contribution is -0.116. The summed E-state index contributed by atoms with van der Waals surface area (Å²) in [5.41, 5.74) is 1.59. The number of Topliss-reactive ketones (excluding diaryl/α,β-unsaturated/α-hetero) is 1. The molecule has 0 amide bonds. The number of hydrogen-bond donors (Lipinski definition) is 2. The molecule has 0 spiro atoms. The maximum absolute atomic E-state index is 14.2. The van der Waals surface area contributed by atoms with Gasteiger partial charge in [0.2, 0.25) is 0 Å². The molecule has 0 aliphatic heterocycles. The molecule has 0 fully saturated rings. The Hall–Kier alpha value is -1.93. The van der Waals surface area contributed by atoms with E-state index >= 15 is 0 Å². The summed E-state index contributed by atoms with van der Waals surface area (Å²) in [6.45, 7) is 0.0472. The van der Waals surface area contributed by atoms with E-state index in [0.29, 0.717) is 28.2 Å². The number of carbonyl (C=O) groups is 1. The highest BCUT2D eigenvalue weighted by Crippen LogP contribution is 2.31. The fourth-order valence-electron chi connectivity index (χ4n) is 2.59. The lowest BCUT2D eigenvalue weighted by Gasteiger charge is -2.11. The van der Waals surface area contributed by atoms with Crippen molar-refractivity contribution in [1.82, 2.24) is 9.97 Å². The molecule has 146 valence electrons. The molecule has 0 radical (unpaired) electrons. The minimum atomic E-state index is -0.562. The number of rotatable bonds is 8. The van der Waals surface area contributed by atoms with Crippen LogP contribution in [-0.4, -0.2) is 39.0 Å². The van der Waals surface area contributed by atoms with Crippen LogP contribution in [0.4, 0.5) is 15.9 Å². The van der Waals surface area contributed by atoms with Crippen LogP contribution in [0.1, 0.15) is 5.56 Å². The average Bonchev–Trinajstić information content (AvgIpc) is 2.66. The summed E-state index contributed by atoms with van der Waals surface area (Å²) in [5.74, 6) is 0.753. The molecule has 0 aliphatic rings. The van der Waals surface area contributed by atoms with Crippen LogP contribution >= 0.6 is 35.0 Å². The minimum absolute atomic E-state index is 0.0472. The number of aliphatic hydroxyl groups excluding tert-OH is 1. The van der Waals surface area contributed by atoms with E-state index in [1.54, 1.807) is 6.07 Å². The van der Waals surface area contributed by atoms with Crippen LogP contribution in [0, 0.1) is 5.82 Å². The second-order valence-electron chi connectivity index (χ2n) is 5.94. The number of hydrogen-bond acceptors (Lipinski definition) is 6. The van der Waals surface area contributed by atoms with Gasteiger partial charge in [0.25, 0.3) is 0 Å². The first kappa shape index (κ1) is 20.8. The van der Waals surface area contributed by atoms with E-state index in [9.17, 15) is 9.18 Å². The van der Waals surface area contributed by atoms with Crippen molar-refractivity contribution in [3.8, 4) is 0 Å². The minimum Gasteiger partial charge on any atom is -0.396 e. The van der Waals surface area contributed by atoms with Crippen molar-refractivity contribution in [2.75, 3.05) is 23.4 Å². The number of thioether (sulfide) groups is 1. The molecule has 28 heavy (non-hydrogen) atoms. The van der Waals surface area contributed by atoms with Crippen LogP contribution < -0.4 is 5.32 Å². The van der Waals surface area contributed by atoms with Crippen molar-refractivity contribution >= 4 is 63.2 Å². The van der Waals surface area contributed by atoms with Gasteiger partial charge in [0.15, 0.2) is 0 Å². The van der Waals surface area contributed by atoms with Crippen LogP contribution in [0.25, 0.3) is 10.9 Å². The number of ketones is 1. The quantitative estimate of drug-likeness (QED) is 0.392. The predicted octanol–water partition coefficient (Wildman–Crippen LogP) is 4.66. The Labute approximate surface area is 175 Å². The lowest BCUT2D eigenvalue weighted by Crippen LogP contribution is -2.07. The Morgan fingerprint density at radius 1 is 1.18 bits per heavy atom. The van der Waals surface area contributed by atoms with Gasteiger partial charge < -0.3 is 10.4 Å². The number of nitrogens with zero attached hydrogens (tertiary/aromatic N) is 2. The predicted molar refractivity (Wildman–Crippen MR) is 112 cm³/mol. The summed E-state index contributed by atoms with van der Waals surface area (Å²) >= 11 is 13.2. The molecule has 1 aromatic heterocycles. The first-order chi connectivity index (χ1) is 13.5. The van der Waals surface area contributed by atoms with Crippen LogP contribution in [0.5, 0.6) is 0 Å². The van der Waals surface area contributed by atoms with Gasteiger partial charge in [-0.25, -0.2) is 14.4 Å². The van der Waals surface area contributed by atoms with E-state index in [1.807, 2.05) is 12.1 Å². The maximum Gasteiger partial charge on any atom is 0.148 e. The SMILES string of the molecule is O=C(CSCCO)Cc1ccc2ncnc(Nc3cc(Cl)c(Cl)cc3F)c2c1. The van der Waals surface area contributed by atoms with Crippen molar-refractivity contribution in [2.45, 2.75) is 6.42 Å². The van der Waals surface area contributed by atoms with Gasteiger partial charge in [0.05, 0.1) is 33.6 Å². The largest absolute Gasteiger partial charge is 0.396 e. The molecule has 0 saturated heterocycles. The fraction of sp³-hybridized carbons (Fsp3) is 0.211. The topological polar surface area (TPSA) is 75.1 Å². The average molecular weight is 440 g/mol. The highest BCUT2D eigenvalue weighted by molar-refractivity contribution is 7.99. The molecule has 3 aromatic rings. The second kappa shape index (κ2) is 9.52. The van der Waals surface area contributed by atoms with Gasteiger partial charge in [-0.3, -0.25) is 4.79 Å². The van der Waals surface area contributed by atoms with E-state index in [0.717, 1.165) is 11.6 Å². The number of aromatic nitrogens is 2. The van der Waals surface area contributed by atoms with Crippen LogP contribution in [-0.2, 0) is 11.2 Å². The molecule has 0 bridgehead atoms. The zero-order valence-corrected chi connectivity index (χ0v) is 16.9. The van der Waals surface area contributed by atoms with Crippen molar-refractivity contribution in [2.24, 2.45) is 0 Å². The summed E-state index contributed by atoms with van der Waals surface area (Å²) in [6, 6.07) is 7.94. The van der Waals surface area contributed by atoms with Gasteiger partial charge in [-0.15, -0.1) is 0 Å². The van der Waals surface area contributed by atoms with Gasteiger partial charge in [-0.1, -0.05) is 29.3 Å². The first-order valence-corrected chi connectivity index (χ1v) is 10.2. The molecule has 0 atom stereocenters. The zero-order chi connectivity index (χ0) is 20.1.